The van der Waals surface area contributed by atoms with Crippen LogP contribution in [0.4, 0.5) is 4.79 Å². The van der Waals surface area contributed by atoms with Gasteiger partial charge in [0.05, 0.1) is 5.92 Å². The molecule has 0 spiro atoms. The standard InChI is InChI=1S/C14H23N3O3/c1-15-11-2-3-12(15)9-17(7-5-11)14(20)16-6-4-10(8-16)13(18)19/h10-12H,2-9H2,1H3,(H,18,19). The van der Waals surface area contributed by atoms with E-state index in [1.54, 1.807) is 4.90 Å². The first kappa shape index (κ1) is 13.7. The summed E-state index contributed by atoms with van der Waals surface area (Å²) in [7, 11) is 2.16. The highest BCUT2D eigenvalue weighted by molar-refractivity contribution is 5.77. The minimum atomic E-state index is -0.782. The molecule has 6 heteroatoms. The van der Waals surface area contributed by atoms with Gasteiger partial charge in [-0.15, -0.1) is 0 Å². The summed E-state index contributed by atoms with van der Waals surface area (Å²) in [6.07, 6.45) is 4.03. The van der Waals surface area contributed by atoms with E-state index < -0.39 is 5.97 Å². The number of aliphatic carboxylic acids is 1. The van der Waals surface area contributed by atoms with Gasteiger partial charge in [-0.2, -0.15) is 0 Å². The second-order valence-electron chi connectivity index (χ2n) is 6.34. The van der Waals surface area contributed by atoms with Crippen LogP contribution in [0.25, 0.3) is 0 Å². The summed E-state index contributed by atoms with van der Waals surface area (Å²) >= 11 is 0. The van der Waals surface area contributed by atoms with Gasteiger partial charge in [-0.25, -0.2) is 4.79 Å². The van der Waals surface area contributed by atoms with Gasteiger partial charge in [0.2, 0.25) is 0 Å². The number of carbonyl (C=O) groups is 2. The van der Waals surface area contributed by atoms with Crippen molar-refractivity contribution in [2.75, 3.05) is 33.2 Å². The Hall–Kier alpha value is -1.30. The van der Waals surface area contributed by atoms with Crippen LogP contribution in [0.15, 0.2) is 0 Å². The van der Waals surface area contributed by atoms with Gasteiger partial charge in [-0.1, -0.05) is 0 Å². The molecule has 3 saturated heterocycles. The second-order valence-corrected chi connectivity index (χ2v) is 6.34. The topological polar surface area (TPSA) is 64.1 Å². The van der Waals surface area contributed by atoms with Gasteiger partial charge in [-0.3, -0.25) is 9.69 Å². The number of hydrogen-bond donors (Lipinski definition) is 1. The third kappa shape index (κ3) is 2.37. The highest BCUT2D eigenvalue weighted by Crippen LogP contribution is 2.29. The fourth-order valence-electron chi connectivity index (χ4n) is 3.82. The Morgan fingerprint density at radius 3 is 2.30 bits per heavy atom. The van der Waals surface area contributed by atoms with Crippen LogP contribution < -0.4 is 0 Å². The minimum absolute atomic E-state index is 0.0368. The monoisotopic (exact) mass is 281 g/mol. The van der Waals surface area contributed by atoms with Crippen molar-refractivity contribution in [1.29, 1.82) is 0 Å². The molecular formula is C14H23N3O3. The molecular weight excluding hydrogens is 258 g/mol. The van der Waals surface area contributed by atoms with Gasteiger partial charge in [-0.05, 0) is 32.7 Å². The van der Waals surface area contributed by atoms with Crippen molar-refractivity contribution in [3.8, 4) is 0 Å². The van der Waals surface area contributed by atoms with E-state index in [1.165, 1.54) is 12.8 Å². The van der Waals surface area contributed by atoms with Crippen LogP contribution in [0, 0.1) is 5.92 Å². The van der Waals surface area contributed by atoms with Crippen LogP contribution in [0.5, 0.6) is 0 Å². The summed E-state index contributed by atoms with van der Waals surface area (Å²) in [6, 6.07) is 1.13. The smallest absolute Gasteiger partial charge is 0.320 e. The lowest BCUT2D eigenvalue weighted by molar-refractivity contribution is -0.141. The maximum absolute atomic E-state index is 12.5. The molecule has 3 fully saturated rings. The molecule has 0 aliphatic carbocycles. The number of rotatable bonds is 1. The molecule has 3 aliphatic heterocycles. The largest absolute Gasteiger partial charge is 0.481 e. The predicted octanol–water partition coefficient (Wildman–Crippen LogP) is 0.681. The van der Waals surface area contributed by atoms with Gasteiger partial charge < -0.3 is 14.9 Å². The number of hydrogen-bond acceptors (Lipinski definition) is 3. The quantitative estimate of drug-likeness (QED) is 0.768. The zero-order valence-corrected chi connectivity index (χ0v) is 12.0. The number of carbonyl (C=O) groups excluding carboxylic acids is 1. The first-order chi connectivity index (χ1) is 9.56. The molecule has 0 aromatic heterocycles. The molecule has 0 aromatic rings. The summed E-state index contributed by atoms with van der Waals surface area (Å²) in [6.45, 7) is 2.55. The molecule has 20 heavy (non-hydrogen) atoms. The summed E-state index contributed by atoms with van der Waals surface area (Å²) in [5.74, 6) is -1.17. The molecule has 3 aliphatic rings. The maximum Gasteiger partial charge on any atom is 0.320 e. The molecule has 0 radical (unpaired) electrons. The van der Waals surface area contributed by atoms with Gasteiger partial charge in [0.15, 0.2) is 0 Å². The SMILES string of the molecule is CN1C2CCC1CN(C(=O)N1CCC(C(=O)O)C1)CC2. The average Bonchev–Trinajstić information content (AvgIpc) is 2.95. The van der Waals surface area contributed by atoms with E-state index in [0.29, 0.717) is 31.6 Å². The predicted molar refractivity (Wildman–Crippen MR) is 73.5 cm³/mol. The molecule has 2 amide bonds. The lowest BCUT2D eigenvalue weighted by Crippen LogP contribution is -2.46. The summed E-state index contributed by atoms with van der Waals surface area (Å²) in [5, 5.41) is 9.03. The number of carboxylic acid groups (broad SMARTS) is 1. The lowest BCUT2D eigenvalue weighted by atomic mass is 10.1. The number of urea groups is 1. The first-order valence-corrected chi connectivity index (χ1v) is 7.55. The van der Waals surface area contributed by atoms with E-state index in [1.807, 2.05) is 4.90 Å². The van der Waals surface area contributed by atoms with Gasteiger partial charge in [0.1, 0.15) is 0 Å². The zero-order valence-electron chi connectivity index (χ0n) is 12.0. The van der Waals surface area contributed by atoms with Crippen LogP contribution in [-0.4, -0.2) is 77.1 Å². The number of fused-ring (bicyclic) bond motifs is 2. The van der Waals surface area contributed by atoms with E-state index >= 15 is 0 Å². The van der Waals surface area contributed by atoms with Crippen LogP contribution in [0.1, 0.15) is 25.7 Å². The molecule has 3 unspecified atom stereocenters. The third-order valence-corrected chi connectivity index (χ3v) is 5.23. The van der Waals surface area contributed by atoms with Gasteiger partial charge in [0, 0.05) is 38.3 Å². The molecule has 6 nitrogen and oxygen atoms in total. The molecule has 1 N–H and O–H groups in total. The van der Waals surface area contributed by atoms with Crippen molar-refractivity contribution in [3.05, 3.63) is 0 Å². The highest BCUT2D eigenvalue weighted by atomic mass is 16.4. The van der Waals surface area contributed by atoms with E-state index in [4.69, 9.17) is 5.11 Å². The second kappa shape index (κ2) is 5.24. The van der Waals surface area contributed by atoms with Crippen LogP contribution in [0.2, 0.25) is 0 Å². The molecule has 0 saturated carbocycles. The normalized spacial score (nSPS) is 34.4. The number of likely N-dealkylation sites (N-methyl/N-ethyl adjacent to an activating group) is 1. The summed E-state index contributed by atoms with van der Waals surface area (Å²) in [5.41, 5.74) is 0. The highest BCUT2D eigenvalue weighted by Gasteiger charge is 2.39. The third-order valence-electron chi connectivity index (χ3n) is 5.23. The summed E-state index contributed by atoms with van der Waals surface area (Å²) < 4.78 is 0. The first-order valence-electron chi connectivity index (χ1n) is 7.55. The van der Waals surface area contributed by atoms with Crippen molar-refractivity contribution < 1.29 is 14.7 Å². The molecule has 3 heterocycles. The number of carboxylic acids is 1. The fourth-order valence-corrected chi connectivity index (χ4v) is 3.82. The molecule has 3 atom stereocenters. The van der Waals surface area contributed by atoms with Gasteiger partial charge in [0.25, 0.3) is 0 Å². The number of amides is 2. The van der Waals surface area contributed by atoms with Crippen molar-refractivity contribution >= 4 is 12.0 Å². The molecule has 2 bridgehead atoms. The van der Waals surface area contributed by atoms with E-state index in [-0.39, 0.29) is 11.9 Å². The van der Waals surface area contributed by atoms with Crippen LogP contribution >= 0.6 is 0 Å². The average molecular weight is 281 g/mol. The molecule has 112 valence electrons. The fraction of sp³-hybridized carbons (Fsp3) is 0.857. The summed E-state index contributed by atoms with van der Waals surface area (Å²) in [4.78, 5) is 29.6. The lowest BCUT2D eigenvalue weighted by Gasteiger charge is -2.29. The van der Waals surface area contributed by atoms with E-state index in [9.17, 15) is 9.59 Å². The van der Waals surface area contributed by atoms with Crippen molar-refractivity contribution in [3.63, 3.8) is 0 Å². The van der Waals surface area contributed by atoms with Crippen molar-refractivity contribution in [2.24, 2.45) is 5.92 Å². The Bertz CT molecular complexity index is 414. The zero-order chi connectivity index (χ0) is 14.3. The van der Waals surface area contributed by atoms with Gasteiger partial charge >= 0.3 is 12.0 Å². The van der Waals surface area contributed by atoms with Crippen molar-refractivity contribution in [2.45, 2.75) is 37.8 Å². The number of likely N-dealkylation sites (tertiary alicyclic amines) is 2. The Morgan fingerprint density at radius 2 is 1.60 bits per heavy atom. The Labute approximate surface area is 119 Å². The van der Waals surface area contributed by atoms with E-state index in [0.717, 1.165) is 19.5 Å². The van der Waals surface area contributed by atoms with Crippen molar-refractivity contribution in [1.82, 2.24) is 14.7 Å². The van der Waals surface area contributed by atoms with E-state index in [2.05, 4.69) is 11.9 Å². The Morgan fingerprint density at radius 1 is 0.950 bits per heavy atom. The number of nitrogens with zero attached hydrogens (tertiary/aromatic N) is 3. The molecule has 3 rings (SSSR count). The van der Waals surface area contributed by atoms with Crippen LogP contribution in [0.3, 0.4) is 0 Å². The molecule has 0 aromatic carbocycles. The Balaban J connectivity index is 1.62. The van der Waals surface area contributed by atoms with Crippen LogP contribution in [-0.2, 0) is 4.79 Å². The maximum atomic E-state index is 12.5. The minimum Gasteiger partial charge on any atom is -0.481 e. The Kier molecular flexibility index (Phi) is 3.58.